The Balaban J connectivity index is 2.46. The summed E-state index contributed by atoms with van der Waals surface area (Å²) in [7, 11) is 4.88. The molecule has 2 heterocycles. The zero-order valence-electron chi connectivity index (χ0n) is 12.2. The number of nitrogens with zero attached hydrogens (tertiary/aromatic N) is 1. The molecule has 3 rings (SSSR count). The highest BCUT2D eigenvalue weighted by Crippen LogP contribution is 2.54. The van der Waals surface area contributed by atoms with Crippen LogP contribution >= 0.6 is 32.9 Å². The van der Waals surface area contributed by atoms with Gasteiger partial charge in [-0.3, -0.25) is 9.69 Å². The average molecular weight is 337 g/mol. The van der Waals surface area contributed by atoms with Crippen LogP contribution in [0.1, 0.15) is 25.6 Å². The Morgan fingerprint density at radius 1 is 1.33 bits per heavy atom. The maximum atomic E-state index is 12.3. The first-order chi connectivity index (χ1) is 9.89. The number of fused-ring (bicyclic) bond motifs is 3. The Morgan fingerprint density at radius 2 is 2.05 bits per heavy atom. The number of benzene rings is 1. The number of anilines is 1. The van der Waals surface area contributed by atoms with E-state index in [2.05, 4.69) is 13.8 Å². The third-order valence-corrected chi connectivity index (χ3v) is 7.10. The molecule has 1 aromatic carbocycles. The number of amides is 1. The Morgan fingerprint density at radius 3 is 2.67 bits per heavy atom. The molecule has 6 heteroatoms. The number of hydrogen-bond donors (Lipinski definition) is 0. The summed E-state index contributed by atoms with van der Waals surface area (Å²) in [6, 6.07) is 5.83. The van der Waals surface area contributed by atoms with Crippen LogP contribution in [0.15, 0.2) is 18.2 Å². The lowest BCUT2D eigenvalue weighted by Gasteiger charge is -2.42. The van der Waals surface area contributed by atoms with Crippen molar-refractivity contribution >= 4 is 44.5 Å². The maximum absolute atomic E-state index is 12.3. The molecule has 0 radical (unpaired) electrons. The summed E-state index contributed by atoms with van der Waals surface area (Å²) >= 11 is 5.52. The second-order valence-corrected chi connectivity index (χ2v) is 8.24. The molecule has 3 nitrogen and oxygen atoms in total. The molecule has 0 fully saturated rings. The number of carbonyl (C=O) groups is 1. The lowest BCUT2D eigenvalue weighted by Crippen LogP contribution is -2.46. The van der Waals surface area contributed by atoms with Gasteiger partial charge in [-0.05, 0) is 19.9 Å². The predicted octanol–water partition coefficient (Wildman–Crippen LogP) is 4.82. The Labute approximate surface area is 136 Å². The van der Waals surface area contributed by atoms with Gasteiger partial charge in [-0.25, -0.2) is 0 Å². The van der Waals surface area contributed by atoms with Gasteiger partial charge in [-0.1, -0.05) is 45.0 Å². The fraction of sp³-hybridized carbons (Fsp3) is 0.333. The van der Waals surface area contributed by atoms with Gasteiger partial charge in [-0.2, -0.15) is 0 Å². The first-order valence-electron chi connectivity index (χ1n) is 6.51. The number of para-hydroxylation sites is 1. The molecule has 1 amide bonds. The van der Waals surface area contributed by atoms with Crippen LogP contribution in [0.2, 0.25) is 0 Å². The van der Waals surface area contributed by atoms with E-state index in [9.17, 15) is 4.79 Å². The summed E-state index contributed by atoms with van der Waals surface area (Å²) in [5.41, 5.74) is 2.46. The van der Waals surface area contributed by atoms with E-state index >= 15 is 0 Å². The second kappa shape index (κ2) is 4.90. The van der Waals surface area contributed by atoms with Crippen molar-refractivity contribution in [2.24, 2.45) is 0 Å². The van der Waals surface area contributed by atoms with Gasteiger partial charge in [0.15, 0.2) is 0 Å². The maximum Gasteiger partial charge on any atom is 0.224 e. The standard InChI is InChI=1S/C15H15NO2S3/c1-8(17)16-12-9(6-5-7-10(12)18-4)11-13(15(16,2)3)20-21-14(11)19/h5-7H,1-4H3. The van der Waals surface area contributed by atoms with Crippen molar-refractivity contribution in [2.75, 3.05) is 12.0 Å². The van der Waals surface area contributed by atoms with E-state index in [4.69, 9.17) is 17.0 Å². The molecular formula is C15H15NO2S3. The zero-order chi connectivity index (χ0) is 15.4. The van der Waals surface area contributed by atoms with E-state index in [-0.39, 0.29) is 5.91 Å². The highest BCUT2D eigenvalue weighted by atomic mass is 32.9. The smallest absolute Gasteiger partial charge is 0.224 e. The van der Waals surface area contributed by atoms with Crippen LogP contribution < -0.4 is 9.64 Å². The quantitative estimate of drug-likeness (QED) is 0.552. The lowest BCUT2D eigenvalue weighted by atomic mass is 9.87. The molecule has 0 atom stereocenters. The third kappa shape index (κ3) is 1.97. The second-order valence-electron chi connectivity index (χ2n) is 5.43. The van der Waals surface area contributed by atoms with Crippen LogP contribution in [0, 0.1) is 3.82 Å². The van der Waals surface area contributed by atoms with E-state index in [1.807, 2.05) is 23.1 Å². The van der Waals surface area contributed by atoms with Crippen molar-refractivity contribution in [1.29, 1.82) is 0 Å². The SMILES string of the molecule is COc1cccc2c1N(C(C)=O)C(C)(C)c1ssc(=S)c1-2. The summed E-state index contributed by atoms with van der Waals surface area (Å²) in [5, 5.41) is 0. The van der Waals surface area contributed by atoms with Crippen molar-refractivity contribution in [3.63, 3.8) is 0 Å². The number of carbonyl (C=O) groups excluding carboxylic acids is 1. The monoisotopic (exact) mass is 337 g/mol. The van der Waals surface area contributed by atoms with Crippen LogP contribution in [-0.4, -0.2) is 13.0 Å². The fourth-order valence-corrected chi connectivity index (χ4v) is 6.23. The minimum Gasteiger partial charge on any atom is -0.495 e. The van der Waals surface area contributed by atoms with Gasteiger partial charge in [0.2, 0.25) is 5.91 Å². The Hall–Kier alpha value is -1.24. The molecule has 21 heavy (non-hydrogen) atoms. The molecule has 0 spiro atoms. The third-order valence-electron chi connectivity index (χ3n) is 3.77. The number of ether oxygens (including phenoxy) is 1. The Bertz CT molecular complexity index is 788. The van der Waals surface area contributed by atoms with Crippen LogP contribution in [-0.2, 0) is 10.3 Å². The Kier molecular flexibility index (Phi) is 3.43. The van der Waals surface area contributed by atoms with Crippen LogP contribution in [0.3, 0.4) is 0 Å². The summed E-state index contributed by atoms with van der Waals surface area (Å²) in [5.74, 6) is 0.702. The molecule has 110 valence electrons. The largest absolute Gasteiger partial charge is 0.495 e. The van der Waals surface area contributed by atoms with Gasteiger partial charge >= 0.3 is 0 Å². The molecule has 0 aliphatic carbocycles. The highest BCUT2D eigenvalue weighted by molar-refractivity contribution is 7.80. The van der Waals surface area contributed by atoms with Crippen molar-refractivity contribution in [3.05, 3.63) is 26.9 Å². The zero-order valence-corrected chi connectivity index (χ0v) is 14.7. The number of hydrogen-bond acceptors (Lipinski definition) is 5. The fourth-order valence-electron chi connectivity index (χ4n) is 2.95. The molecule has 1 aliphatic rings. The van der Waals surface area contributed by atoms with Crippen molar-refractivity contribution in [2.45, 2.75) is 26.3 Å². The van der Waals surface area contributed by atoms with Crippen LogP contribution in [0.25, 0.3) is 11.1 Å². The summed E-state index contributed by atoms with van der Waals surface area (Å²) in [4.78, 5) is 15.3. The van der Waals surface area contributed by atoms with Gasteiger partial charge in [0, 0.05) is 18.1 Å². The van der Waals surface area contributed by atoms with Gasteiger partial charge in [-0.15, -0.1) is 0 Å². The van der Waals surface area contributed by atoms with E-state index in [1.165, 1.54) is 0 Å². The summed E-state index contributed by atoms with van der Waals surface area (Å²) < 4.78 is 6.37. The molecular weight excluding hydrogens is 322 g/mol. The average Bonchev–Trinajstić information content (AvgIpc) is 2.81. The molecule has 0 saturated carbocycles. The van der Waals surface area contributed by atoms with Gasteiger partial charge < -0.3 is 4.74 Å². The molecule has 0 saturated heterocycles. The first-order valence-corrected chi connectivity index (χ1v) is 9.07. The lowest BCUT2D eigenvalue weighted by molar-refractivity contribution is -0.117. The van der Waals surface area contributed by atoms with Gasteiger partial charge in [0.05, 0.1) is 23.2 Å². The molecule has 0 unspecified atom stereocenters. The van der Waals surface area contributed by atoms with Gasteiger partial charge in [0.1, 0.15) is 9.57 Å². The topological polar surface area (TPSA) is 29.5 Å². The molecule has 0 bridgehead atoms. The van der Waals surface area contributed by atoms with E-state index in [0.29, 0.717) is 5.75 Å². The van der Waals surface area contributed by atoms with Crippen molar-refractivity contribution < 1.29 is 9.53 Å². The van der Waals surface area contributed by atoms with Crippen LogP contribution in [0.5, 0.6) is 5.75 Å². The van der Waals surface area contributed by atoms with Gasteiger partial charge in [0.25, 0.3) is 0 Å². The van der Waals surface area contributed by atoms with Crippen molar-refractivity contribution in [3.8, 4) is 16.9 Å². The van der Waals surface area contributed by atoms with Crippen LogP contribution in [0.4, 0.5) is 5.69 Å². The van der Waals surface area contributed by atoms with Crippen molar-refractivity contribution in [1.82, 2.24) is 0 Å². The van der Waals surface area contributed by atoms with E-state index < -0.39 is 5.54 Å². The number of methoxy groups -OCH3 is 1. The van der Waals surface area contributed by atoms with E-state index in [1.54, 1.807) is 34.7 Å². The minimum atomic E-state index is -0.430. The molecule has 1 aromatic heterocycles. The molecule has 1 aliphatic heterocycles. The minimum absolute atomic E-state index is 0.000665. The summed E-state index contributed by atoms with van der Waals surface area (Å²) in [6.07, 6.45) is 0. The summed E-state index contributed by atoms with van der Waals surface area (Å²) in [6.45, 7) is 5.70. The highest BCUT2D eigenvalue weighted by Gasteiger charge is 2.43. The molecule has 2 aromatic rings. The first kappa shape index (κ1) is 14.7. The number of rotatable bonds is 1. The van der Waals surface area contributed by atoms with E-state index in [0.717, 1.165) is 25.5 Å². The normalized spacial score (nSPS) is 15.3. The molecule has 0 N–H and O–H groups in total. The predicted molar refractivity (Wildman–Crippen MR) is 91.2 cm³/mol.